The number of morpholine rings is 1. The zero-order valence-corrected chi connectivity index (χ0v) is 10.7. The van der Waals surface area contributed by atoms with E-state index < -0.39 is 0 Å². The number of nitrogens with zero attached hydrogens (tertiary/aromatic N) is 2. The Morgan fingerprint density at radius 2 is 2.06 bits per heavy atom. The highest BCUT2D eigenvalue weighted by atomic mass is 16.5. The van der Waals surface area contributed by atoms with E-state index in [0.717, 1.165) is 25.8 Å². The van der Waals surface area contributed by atoms with Crippen LogP contribution in [0.15, 0.2) is 0 Å². The minimum absolute atomic E-state index is 0.557. The van der Waals surface area contributed by atoms with Crippen molar-refractivity contribution in [3.8, 4) is 0 Å². The number of ether oxygens (including phenoxy) is 1. The van der Waals surface area contributed by atoms with Crippen LogP contribution in [0, 0.1) is 0 Å². The van der Waals surface area contributed by atoms with E-state index in [1.54, 1.807) is 0 Å². The fourth-order valence-electron chi connectivity index (χ4n) is 3.43. The van der Waals surface area contributed by atoms with Gasteiger partial charge in [-0.25, -0.2) is 0 Å². The van der Waals surface area contributed by atoms with Gasteiger partial charge in [0.25, 0.3) is 0 Å². The van der Waals surface area contributed by atoms with E-state index in [4.69, 9.17) is 4.74 Å². The van der Waals surface area contributed by atoms with E-state index >= 15 is 0 Å². The molecule has 0 aliphatic carbocycles. The Bertz CT molecular complexity index is 237. The summed E-state index contributed by atoms with van der Waals surface area (Å²) in [5.74, 6) is 0. The molecule has 3 fully saturated rings. The van der Waals surface area contributed by atoms with E-state index in [1.165, 1.54) is 52.0 Å². The molecule has 0 bridgehead atoms. The summed E-state index contributed by atoms with van der Waals surface area (Å²) in [6.07, 6.45) is 4.19. The minimum atomic E-state index is 0.557. The van der Waals surface area contributed by atoms with Crippen LogP contribution in [0.5, 0.6) is 0 Å². The van der Waals surface area contributed by atoms with Crippen LogP contribution in [0.4, 0.5) is 0 Å². The molecule has 0 saturated carbocycles. The average Bonchev–Trinajstić information content (AvgIpc) is 3.00. The average molecular weight is 239 g/mol. The summed E-state index contributed by atoms with van der Waals surface area (Å²) in [6.45, 7) is 9.19. The van der Waals surface area contributed by atoms with Gasteiger partial charge < -0.3 is 15.0 Å². The van der Waals surface area contributed by atoms with Crippen molar-refractivity contribution in [2.24, 2.45) is 0 Å². The maximum atomic E-state index is 5.52. The normalized spacial score (nSPS) is 36.7. The fourth-order valence-corrected chi connectivity index (χ4v) is 3.43. The second kappa shape index (κ2) is 5.65. The van der Waals surface area contributed by atoms with Crippen molar-refractivity contribution in [3.63, 3.8) is 0 Å². The summed E-state index contributed by atoms with van der Waals surface area (Å²) in [7, 11) is 0. The third kappa shape index (κ3) is 2.99. The van der Waals surface area contributed by atoms with Gasteiger partial charge in [0.05, 0.1) is 13.2 Å². The lowest BCUT2D eigenvalue weighted by molar-refractivity contribution is 0.0641. The quantitative estimate of drug-likeness (QED) is 0.758. The Hall–Kier alpha value is -0.160. The van der Waals surface area contributed by atoms with Crippen LogP contribution >= 0.6 is 0 Å². The first-order valence-corrected chi connectivity index (χ1v) is 7.19. The third-order valence-corrected chi connectivity index (χ3v) is 4.38. The molecule has 0 aromatic carbocycles. The van der Waals surface area contributed by atoms with Gasteiger partial charge in [-0.05, 0) is 38.9 Å². The summed E-state index contributed by atoms with van der Waals surface area (Å²) in [5, 5.41) is 3.55. The molecule has 4 nitrogen and oxygen atoms in total. The van der Waals surface area contributed by atoms with Crippen LogP contribution < -0.4 is 5.32 Å². The van der Waals surface area contributed by atoms with Gasteiger partial charge in [0.1, 0.15) is 0 Å². The molecule has 0 amide bonds. The molecule has 4 heteroatoms. The minimum Gasteiger partial charge on any atom is -0.378 e. The molecule has 1 N–H and O–H groups in total. The molecule has 0 aromatic rings. The van der Waals surface area contributed by atoms with E-state index in [-0.39, 0.29) is 0 Å². The monoisotopic (exact) mass is 239 g/mol. The zero-order chi connectivity index (χ0) is 11.5. The zero-order valence-electron chi connectivity index (χ0n) is 10.7. The molecule has 3 aliphatic rings. The lowest BCUT2D eigenvalue weighted by atomic mass is 10.2. The van der Waals surface area contributed by atoms with Gasteiger partial charge in [-0.1, -0.05) is 0 Å². The van der Waals surface area contributed by atoms with Crippen molar-refractivity contribution in [1.82, 2.24) is 15.1 Å². The topological polar surface area (TPSA) is 27.7 Å². The highest BCUT2D eigenvalue weighted by Crippen LogP contribution is 2.20. The molecule has 3 rings (SSSR count). The molecule has 0 aromatic heterocycles. The lowest BCUT2D eigenvalue weighted by Crippen LogP contribution is -2.48. The van der Waals surface area contributed by atoms with Gasteiger partial charge in [0.2, 0.25) is 0 Å². The lowest BCUT2D eigenvalue weighted by Gasteiger charge is -2.29. The Morgan fingerprint density at radius 1 is 1.18 bits per heavy atom. The van der Waals surface area contributed by atoms with Crippen LogP contribution in [-0.4, -0.2) is 74.4 Å². The van der Waals surface area contributed by atoms with Crippen LogP contribution in [0.3, 0.4) is 0 Å². The van der Waals surface area contributed by atoms with Crippen molar-refractivity contribution in [2.45, 2.75) is 31.3 Å². The maximum absolute atomic E-state index is 5.52. The second-order valence-electron chi connectivity index (χ2n) is 5.67. The molecular formula is C13H25N3O. The molecular weight excluding hydrogens is 214 g/mol. The first-order valence-electron chi connectivity index (χ1n) is 7.19. The smallest absolute Gasteiger partial charge is 0.0632 e. The number of nitrogens with one attached hydrogen (secondary N) is 1. The van der Waals surface area contributed by atoms with Crippen LogP contribution in [0.25, 0.3) is 0 Å². The Labute approximate surface area is 104 Å². The fraction of sp³-hybridized carbons (Fsp3) is 1.00. The van der Waals surface area contributed by atoms with Crippen LogP contribution in [0.1, 0.15) is 19.3 Å². The van der Waals surface area contributed by atoms with Crippen molar-refractivity contribution >= 4 is 0 Å². The first-order chi connectivity index (χ1) is 8.42. The summed E-state index contributed by atoms with van der Waals surface area (Å²) in [5.41, 5.74) is 0. The van der Waals surface area contributed by atoms with Crippen LogP contribution in [-0.2, 0) is 4.74 Å². The molecule has 3 heterocycles. The number of hydrogen-bond donors (Lipinski definition) is 1. The van der Waals surface area contributed by atoms with Gasteiger partial charge in [0.15, 0.2) is 0 Å². The van der Waals surface area contributed by atoms with E-state index in [9.17, 15) is 0 Å². The summed E-state index contributed by atoms with van der Waals surface area (Å²) in [4.78, 5) is 5.32. The van der Waals surface area contributed by atoms with Crippen molar-refractivity contribution in [3.05, 3.63) is 0 Å². The molecule has 0 radical (unpaired) electrons. The van der Waals surface area contributed by atoms with Crippen molar-refractivity contribution in [2.75, 3.05) is 52.5 Å². The molecule has 0 spiro atoms. The summed E-state index contributed by atoms with van der Waals surface area (Å²) < 4.78 is 5.52. The molecule has 3 saturated heterocycles. The molecule has 3 aliphatic heterocycles. The standard InChI is InChI=1S/C13H25N3O/c1-2-6-16(5-1)13-3-7-15(10-13)9-12-11-17-8-4-14-12/h12-14H,1-11H2. The number of likely N-dealkylation sites (tertiary alicyclic amines) is 2. The summed E-state index contributed by atoms with van der Waals surface area (Å²) >= 11 is 0. The Kier molecular flexibility index (Phi) is 3.96. The maximum Gasteiger partial charge on any atom is 0.0632 e. The third-order valence-electron chi connectivity index (χ3n) is 4.38. The van der Waals surface area contributed by atoms with E-state index in [0.29, 0.717) is 6.04 Å². The van der Waals surface area contributed by atoms with Crippen molar-refractivity contribution < 1.29 is 4.74 Å². The highest BCUT2D eigenvalue weighted by Gasteiger charge is 2.30. The SMILES string of the molecule is C1CCN(C2CCN(CC3COCCN3)C2)C1. The Balaban J connectivity index is 1.43. The first kappa shape index (κ1) is 11.9. The van der Waals surface area contributed by atoms with Gasteiger partial charge in [-0.15, -0.1) is 0 Å². The van der Waals surface area contributed by atoms with Gasteiger partial charge in [0, 0.05) is 31.7 Å². The van der Waals surface area contributed by atoms with Gasteiger partial charge >= 0.3 is 0 Å². The van der Waals surface area contributed by atoms with E-state index in [1.807, 2.05) is 0 Å². The molecule has 2 atom stereocenters. The molecule has 98 valence electrons. The predicted octanol–water partition coefficient (Wildman–Crippen LogP) is 0.145. The Morgan fingerprint density at radius 3 is 2.82 bits per heavy atom. The largest absolute Gasteiger partial charge is 0.378 e. The number of rotatable bonds is 3. The number of hydrogen-bond acceptors (Lipinski definition) is 4. The summed E-state index contributed by atoms with van der Waals surface area (Å²) in [6, 6.07) is 1.39. The molecule has 17 heavy (non-hydrogen) atoms. The second-order valence-corrected chi connectivity index (χ2v) is 5.67. The van der Waals surface area contributed by atoms with Crippen LogP contribution in [0.2, 0.25) is 0 Å². The van der Waals surface area contributed by atoms with Crippen molar-refractivity contribution in [1.29, 1.82) is 0 Å². The van der Waals surface area contributed by atoms with Gasteiger partial charge in [-0.2, -0.15) is 0 Å². The van der Waals surface area contributed by atoms with Gasteiger partial charge in [-0.3, -0.25) is 4.90 Å². The predicted molar refractivity (Wildman–Crippen MR) is 68.3 cm³/mol. The van der Waals surface area contributed by atoms with E-state index in [2.05, 4.69) is 15.1 Å². The molecule has 2 unspecified atom stereocenters. The highest BCUT2D eigenvalue weighted by molar-refractivity contribution is 4.87.